The minimum atomic E-state index is -4.44. The molecule has 1 N–H and O–H groups in total. The second-order valence-electron chi connectivity index (χ2n) is 8.32. The molecule has 9 heteroatoms. The maximum absolute atomic E-state index is 13.2. The minimum absolute atomic E-state index is 0.0109. The molecule has 0 aromatic heterocycles. The summed E-state index contributed by atoms with van der Waals surface area (Å²) in [5.41, 5.74) is 1.99. The van der Waals surface area contributed by atoms with E-state index in [-0.39, 0.29) is 31.5 Å². The first-order chi connectivity index (χ1) is 14.9. The van der Waals surface area contributed by atoms with Crippen molar-refractivity contribution >= 4 is 15.9 Å². The Bertz CT molecular complexity index is 1080. The van der Waals surface area contributed by atoms with Gasteiger partial charge in [0.15, 0.2) is 0 Å². The normalized spacial score (nSPS) is 16.2. The molecule has 0 radical (unpaired) electrons. The number of alkyl halides is 3. The van der Waals surface area contributed by atoms with Crippen molar-refractivity contribution < 1.29 is 26.4 Å². The lowest BCUT2D eigenvalue weighted by Crippen LogP contribution is -2.43. The SMILES string of the molecule is Cc1cc(C)c(S(=O)(=O)N2CCC(C(=O)NCc3cccc(C(F)(F)F)c3)CC2)c(C)c1. The van der Waals surface area contributed by atoms with E-state index in [4.69, 9.17) is 0 Å². The van der Waals surface area contributed by atoms with Gasteiger partial charge < -0.3 is 5.32 Å². The highest BCUT2D eigenvalue weighted by molar-refractivity contribution is 7.89. The number of rotatable bonds is 5. The Kier molecular flexibility index (Phi) is 7.00. The predicted octanol–water partition coefficient (Wildman–Crippen LogP) is 4.35. The van der Waals surface area contributed by atoms with Crippen LogP contribution in [0, 0.1) is 26.7 Å². The average Bonchev–Trinajstić information content (AvgIpc) is 2.70. The molecule has 174 valence electrons. The molecule has 0 atom stereocenters. The van der Waals surface area contributed by atoms with Crippen LogP contribution in [0.2, 0.25) is 0 Å². The Hall–Kier alpha value is -2.39. The summed E-state index contributed by atoms with van der Waals surface area (Å²) in [5, 5.41) is 2.68. The van der Waals surface area contributed by atoms with Crippen molar-refractivity contribution in [1.82, 2.24) is 9.62 Å². The Balaban J connectivity index is 1.60. The molecule has 0 spiro atoms. The minimum Gasteiger partial charge on any atom is -0.352 e. The summed E-state index contributed by atoms with van der Waals surface area (Å²) in [6.07, 6.45) is -3.72. The molecule has 3 rings (SSSR count). The largest absolute Gasteiger partial charge is 0.416 e. The average molecular weight is 469 g/mol. The summed E-state index contributed by atoms with van der Waals surface area (Å²) in [6.45, 7) is 5.90. The van der Waals surface area contributed by atoms with Gasteiger partial charge in [-0.1, -0.05) is 29.8 Å². The van der Waals surface area contributed by atoms with Gasteiger partial charge in [-0.05, 0) is 62.4 Å². The number of nitrogens with zero attached hydrogens (tertiary/aromatic N) is 1. The Labute approximate surface area is 186 Å². The van der Waals surface area contributed by atoms with Gasteiger partial charge in [0.05, 0.1) is 10.5 Å². The number of sulfonamides is 1. The molecular formula is C23H27F3N2O3S. The van der Waals surface area contributed by atoms with Crippen LogP contribution in [0.15, 0.2) is 41.3 Å². The number of carbonyl (C=O) groups excluding carboxylic acids is 1. The van der Waals surface area contributed by atoms with E-state index in [1.165, 1.54) is 16.4 Å². The summed E-state index contributed by atoms with van der Waals surface area (Å²) in [6, 6.07) is 8.52. The molecule has 32 heavy (non-hydrogen) atoms. The van der Waals surface area contributed by atoms with E-state index in [2.05, 4.69) is 5.32 Å². The van der Waals surface area contributed by atoms with Crippen LogP contribution in [0.1, 0.15) is 40.7 Å². The number of piperidine rings is 1. The van der Waals surface area contributed by atoms with E-state index >= 15 is 0 Å². The van der Waals surface area contributed by atoms with Crippen molar-refractivity contribution in [1.29, 1.82) is 0 Å². The van der Waals surface area contributed by atoms with Gasteiger partial charge in [0.2, 0.25) is 15.9 Å². The summed E-state index contributed by atoms with van der Waals surface area (Å²) in [4.78, 5) is 12.8. The first kappa shape index (κ1) is 24.3. The van der Waals surface area contributed by atoms with Crippen molar-refractivity contribution in [3.05, 3.63) is 64.2 Å². The molecule has 1 heterocycles. The van der Waals surface area contributed by atoms with Gasteiger partial charge in [-0.2, -0.15) is 17.5 Å². The molecule has 1 saturated heterocycles. The fraction of sp³-hybridized carbons (Fsp3) is 0.435. The van der Waals surface area contributed by atoms with Crippen LogP contribution in [0.25, 0.3) is 0 Å². The topological polar surface area (TPSA) is 66.5 Å². The third-order valence-electron chi connectivity index (χ3n) is 5.75. The standard InChI is InChI=1S/C23H27F3N2O3S/c1-15-11-16(2)21(17(3)12-15)32(30,31)28-9-7-19(8-10-28)22(29)27-14-18-5-4-6-20(13-18)23(24,25)26/h4-6,11-13,19H,7-10,14H2,1-3H3,(H,27,29). The lowest BCUT2D eigenvalue weighted by atomic mass is 9.97. The molecule has 0 aliphatic carbocycles. The van der Waals surface area contributed by atoms with Crippen molar-refractivity contribution in [3.63, 3.8) is 0 Å². The van der Waals surface area contributed by atoms with E-state index in [1.807, 2.05) is 19.1 Å². The third-order valence-corrected chi connectivity index (χ3v) is 7.95. The molecule has 1 amide bonds. The van der Waals surface area contributed by atoms with Crippen LogP contribution in [0.4, 0.5) is 13.2 Å². The number of aryl methyl sites for hydroxylation is 3. The number of nitrogens with one attached hydrogen (secondary N) is 1. The maximum atomic E-state index is 13.2. The number of benzene rings is 2. The third kappa shape index (κ3) is 5.32. The summed E-state index contributed by atoms with van der Waals surface area (Å²) in [5.74, 6) is -0.658. The maximum Gasteiger partial charge on any atom is 0.416 e. The molecular weight excluding hydrogens is 441 g/mol. The zero-order valence-electron chi connectivity index (χ0n) is 18.3. The fourth-order valence-corrected chi connectivity index (χ4v) is 6.13. The summed E-state index contributed by atoms with van der Waals surface area (Å²) >= 11 is 0. The molecule has 2 aromatic rings. The zero-order valence-corrected chi connectivity index (χ0v) is 19.1. The van der Waals surface area contributed by atoms with Crippen molar-refractivity contribution in [2.24, 2.45) is 5.92 Å². The molecule has 2 aromatic carbocycles. The van der Waals surface area contributed by atoms with Gasteiger partial charge in [0, 0.05) is 25.6 Å². The van der Waals surface area contributed by atoms with E-state index in [1.54, 1.807) is 13.8 Å². The number of hydrogen-bond donors (Lipinski definition) is 1. The van der Waals surface area contributed by atoms with Crippen LogP contribution >= 0.6 is 0 Å². The monoisotopic (exact) mass is 468 g/mol. The van der Waals surface area contributed by atoms with Crippen molar-refractivity contribution in [2.75, 3.05) is 13.1 Å². The van der Waals surface area contributed by atoms with E-state index in [9.17, 15) is 26.4 Å². The second kappa shape index (κ2) is 9.23. The summed E-state index contributed by atoms with van der Waals surface area (Å²) < 4.78 is 66.3. The number of amides is 1. The zero-order chi connectivity index (χ0) is 23.7. The van der Waals surface area contributed by atoms with Crippen molar-refractivity contribution in [3.8, 4) is 0 Å². The Morgan fingerprint density at radius 3 is 2.22 bits per heavy atom. The predicted molar refractivity (Wildman–Crippen MR) is 115 cm³/mol. The fourth-order valence-electron chi connectivity index (χ4n) is 4.25. The van der Waals surface area contributed by atoms with Crippen molar-refractivity contribution in [2.45, 2.75) is 51.2 Å². The number of carbonyl (C=O) groups is 1. The van der Waals surface area contributed by atoms with Crippen LogP contribution in [0.5, 0.6) is 0 Å². The quantitative estimate of drug-likeness (QED) is 0.710. The second-order valence-corrected chi connectivity index (χ2v) is 10.2. The molecule has 5 nitrogen and oxygen atoms in total. The smallest absolute Gasteiger partial charge is 0.352 e. The highest BCUT2D eigenvalue weighted by Gasteiger charge is 2.34. The van der Waals surface area contributed by atoms with Gasteiger partial charge >= 0.3 is 6.18 Å². The lowest BCUT2D eigenvalue weighted by Gasteiger charge is -2.31. The van der Waals surface area contributed by atoms with Gasteiger partial charge in [0.1, 0.15) is 0 Å². The molecule has 0 unspecified atom stereocenters. The molecule has 1 aliphatic rings. The number of hydrogen-bond acceptors (Lipinski definition) is 3. The molecule has 1 fully saturated rings. The van der Waals surface area contributed by atoms with Gasteiger partial charge in [0.25, 0.3) is 0 Å². The highest BCUT2D eigenvalue weighted by atomic mass is 32.2. The number of halogens is 3. The van der Waals surface area contributed by atoms with E-state index in [0.717, 1.165) is 17.7 Å². The first-order valence-electron chi connectivity index (χ1n) is 10.4. The van der Waals surface area contributed by atoms with Crippen LogP contribution < -0.4 is 5.32 Å². The van der Waals surface area contributed by atoms with Crippen LogP contribution in [-0.2, 0) is 27.5 Å². The van der Waals surface area contributed by atoms with Crippen LogP contribution in [-0.4, -0.2) is 31.7 Å². The highest BCUT2D eigenvalue weighted by Crippen LogP contribution is 2.30. The van der Waals surface area contributed by atoms with Crippen LogP contribution in [0.3, 0.4) is 0 Å². The summed E-state index contributed by atoms with van der Waals surface area (Å²) in [7, 11) is -3.67. The Morgan fingerprint density at radius 2 is 1.66 bits per heavy atom. The van der Waals surface area contributed by atoms with E-state index < -0.39 is 21.8 Å². The lowest BCUT2D eigenvalue weighted by molar-refractivity contribution is -0.137. The molecule has 0 bridgehead atoms. The first-order valence-corrected chi connectivity index (χ1v) is 11.9. The van der Waals surface area contributed by atoms with Gasteiger partial charge in [-0.25, -0.2) is 8.42 Å². The molecule has 1 aliphatic heterocycles. The van der Waals surface area contributed by atoms with E-state index in [0.29, 0.717) is 34.4 Å². The molecule has 0 saturated carbocycles. The van der Waals surface area contributed by atoms with Gasteiger partial charge in [-0.15, -0.1) is 0 Å². The Morgan fingerprint density at radius 1 is 1.06 bits per heavy atom. The van der Waals surface area contributed by atoms with Gasteiger partial charge in [-0.3, -0.25) is 4.79 Å².